The maximum atomic E-state index is 12.7. The summed E-state index contributed by atoms with van der Waals surface area (Å²) < 4.78 is 12.7. The summed E-state index contributed by atoms with van der Waals surface area (Å²) in [4.78, 5) is 11.8. The van der Waals surface area contributed by atoms with Crippen LogP contribution in [0.15, 0.2) is 24.3 Å². The Bertz CT molecular complexity index is 406. The molecule has 106 valence electrons. The topological polar surface area (TPSA) is 29.1 Å². The van der Waals surface area contributed by atoms with Crippen LogP contribution < -0.4 is 5.32 Å². The van der Waals surface area contributed by atoms with Gasteiger partial charge >= 0.3 is 0 Å². The van der Waals surface area contributed by atoms with E-state index in [2.05, 4.69) is 33.0 Å². The van der Waals surface area contributed by atoms with Gasteiger partial charge in [0.2, 0.25) is 5.91 Å². The van der Waals surface area contributed by atoms with E-state index >= 15 is 0 Å². The van der Waals surface area contributed by atoms with Crippen molar-refractivity contribution in [3.63, 3.8) is 0 Å². The molecule has 2 nitrogen and oxygen atoms in total. The van der Waals surface area contributed by atoms with Gasteiger partial charge in [0.1, 0.15) is 5.82 Å². The Labute approximate surface area is 115 Å². The number of rotatable bonds is 5. The zero-order valence-electron chi connectivity index (χ0n) is 12.3. The first-order chi connectivity index (χ1) is 8.79. The first-order valence-corrected chi connectivity index (χ1v) is 6.80. The summed E-state index contributed by atoms with van der Waals surface area (Å²) in [5, 5.41) is 2.92. The number of amides is 1. The Morgan fingerprint density at radius 3 is 2.37 bits per heavy atom. The second-order valence-corrected chi connectivity index (χ2v) is 6.20. The summed E-state index contributed by atoms with van der Waals surface area (Å²) in [6.45, 7) is 9.12. The highest BCUT2D eigenvalue weighted by molar-refractivity contribution is 5.76. The molecule has 0 saturated carbocycles. The van der Waals surface area contributed by atoms with E-state index in [1.54, 1.807) is 12.1 Å². The van der Waals surface area contributed by atoms with E-state index in [0.29, 0.717) is 18.9 Å². The summed E-state index contributed by atoms with van der Waals surface area (Å²) in [5.41, 5.74) is 1.18. The number of halogens is 1. The molecule has 0 fully saturated rings. The average Bonchev–Trinajstić information content (AvgIpc) is 2.30. The van der Waals surface area contributed by atoms with Crippen molar-refractivity contribution < 1.29 is 9.18 Å². The standard InChI is InChI=1S/C16H24FNO/c1-12(16(2,3)4)11-15(19)18-10-9-13-5-7-14(17)8-6-13/h5-8,12H,9-11H2,1-4H3,(H,18,19). The van der Waals surface area contributed by atoms with Gasteiger partial charge in [-0.1, -0.05) is 39.8 Å². The minimum Gasteiger partial charge on any atom is -0.356 e. The molecule has 0 heterocycles. The van der Waals surface area contributed by atoms with Crippen molar-refractivity contribution in [1.29, 1.82) is 0 Å². The highest BCUT2D eigenvalue weighted by Crippen LogP contribution is 2.27. The van der Waals surface area contributed by atoms with Crippen LogP contribution in [0.1, 0.15) is 39.7 Å². The van der Waals surface area contributed by atoms with Gasteiger partial charge in [0, 0.05) is 13.0 Å². The van der Waals surface area contributed by atoms with E-state index in [9.17, 15) is 9.18 Å². The number of hydrogen-bond donors (Lipinski definition) is 1. The summed E-state index contributed by atoms with van der Waals surface area (Å²) in [6.07, 6.45) is 1.28. The van der Waals surface area contributed by atoms with Crippen molar-refractivity contribution in [2.75, 3.05) is 6.54 Å². The molecule has 0 bridgehead atoms. The molecule has 0 spiro atoms. The van der Waals surface area contributed by atoms with Crippen molar-refractivity contribution in [2.24, 2.45) is 11.3 Å². The second-order valence-electron chi connectivity index (χ2n) is 6.20. The minimum atomic E-state index is -0.230. The van der Waals surface area contributed by atoms with Crippen molar-refractivity contribution in [1.82, 2.24) is 5.32 Å². The fraction of sp³-hybridized carbons (Fsp3) is 0.562. The molecular formula is C16H24FNO. The fourth-order valence-electron chi connectivity index (χ4n) is 1.65. The lowest BCUT2D eigenvalue weighted by Crippen LogP contribution is -2.30. The van der Waals surface area contributed by atoms with Gasteiger partial charge in [0.15, 0.2) is 0 Å². The molecule has 1 N–H and O–H groups in total. The van der Waals surface area contributed by atoms with Gasteiger partial charge in [-0.3, -0.25) is 4.79 Å². The quantitative estimate of drug-likeness (QED) is 0.866. The molecular weight excluding hydrogens is 241 g/mol. The third-order valence-corrected chi connectivity index (χ3v) is 3.62. The lowest BCUT2D eigenvalue weighted by atomic mass is 9.80. The van der Waals surface area contributed by atoms with Crippen molar-refractivity contribution in [3.8, 4) is 0 Å². The van der Waals surface area contributed by atoms with Gasteiger partial charge < -0.3 is 5.32 Å². The molecule has 19 heavy (non-hydrogen) atoms. The van der Waals surface area contributed by atoms with E-state index in [0.717, 1.165) is 12.0 Å². The SMILES string of the molecule is CC(CC(=O)NCCc1ccc(F)cc1)C(C)(C)C. The zero-order chi connectivity index (χ0) is 14.5. The maximum absolute atomic E-state index is 12.7. The first-order valence-electron chi connectivity index (χ1n) is 6.80. The maximum Gasteiger partial charge on any atom is 0.220 e. The molecule has 1 unspecified atom stereocenters. The monoisotopic (exact) mass is 265 g/mol. The van der Waals surface area contributed by atoms with Crippen molar-refractivity contribution in [3.05, 3.63) is 35.6 Å². The van der Waals surface area contributed by atoms with Gasteiger partial charge in [-0.15, -0.1) is 0 Å². The summed E-state index contributed by atoms with van der Waals surface area (Å²) >= 11 is 0. The number of carbonyl (C=O) groups is 1. The van der Waals surface area contributed by atoms with Crippen LogP contribution in [0.2, 0.25) is 0 Å². The van der Waals surface area contributed by atoms with Gasteiger partial charge in [0.25, 0.3) is 0 Å². The Morgan fingerprint density at radius 2 is 1.84 bits per heavy atom. The molecule has 0 aliphatic heterocycles. The number of hydrogen-bond acceptors (Lipinski definition) is 1. The normalized spacial score (nSPS) is 13.1. The van der Waals surface area contributed by atoms with Crippen molar-refractivity contribution in [2.45, 2.75) is 40.5 Å². The van der Waals surface area contributed by atoms with Crippen LogP contribution in [0.4, 0.5) is 4.39 Å². The Hall–Kier alpha value is -1.38. The minimum absolute atomic E-state index is 0.0875. The molecule has 3 heteroatoms. The number of carbonyl (C=O) groups excluding carboxylic acids is 1. The van der Waals surface area contributed by atoms with Gasteiger partial charge in [-0.25, -0.2) is 4.39 Å². The number of nitrogens with one attached hydrogen (secondary N) is 1. The Morgan fingerprint density at radius 1 is 1.26 bits per heavy atom. The first kappa shape index (κ1) is 15.7. The van der Waals surface area contributed by atoms with Gasteiger partial charge in [0.05, 0.1) is 0 Å². The highest BCUT2D eigenvalue weighted by Gasteiger charge is 2.22. The fourth-order valence-corrected chi connectivity index (χ4v) is 1.65. The Kier molecular flexibility index (Phi) is 5.52. The smallest absolute Gasteiger partial charge is 0.220 e. The molecule has 0 aromatic heterocycles. The van der Waals surface area contributed by atoms with E-state index in [1.807, 2.05) is 0 Å². The zero-order valence-corrected chi connectivity index (χ0v) is 12.3. The van der Waals surface area contributed by atoms with Crippen LogP contribution in [0.5, 0.6) is 0 Å². The highest BCUT2D eigenvalue weighted by atomic mass is 19.1. The van der Waals surface area contributed by atoms with Crippen LogP contribution >= 0.6 is 0 Å². The lowest BCUT2D eigenvalue weighted by molar-refractivity contribution is -0.122. The van der Waals surface area contributed by atoms with Crippen LogP contribution in [-0.2, 0) is 11.2 Å². The molecule has 0 aliphatic rings. The molecule has 1 amide bonds. The van der Waals surface area contributed by atoms with E-state index in [4.69, 9.17) is 0 Å². The molecule has 0 saturated heterocycles. The Balaban J connectivity index is 2.29. The largest absolute Gasteiger partial charge is 0.356 e. The molecule has 0 aliphatic carbocycles. The van der Waals surface area contributed by atoms with Crippen molar-refractivity contribution >= 4 is 5.91 Å². The molecule has 1 aromatic rings. The third-order valence-electron chi connectivity index (χ3n) is 3.62. The van der Waals surface area contributed by atoms with Crippen LogP contribution in [0, 0.1) is 17.2 Å². The lowest BCUT2D eigenvalue weighted by Gasteiger charge is -2.26. The molecule has 1 aromatic carbocycles. The molecule has 0 radical (unpaired) electrons. The predicted molar refractivity (Wildman–Crippen MR) is 76.3 cm³/mol. The number of benzene rings is 1. The average molecular weight is 265 g/mol. The molecule has 1 atom stereocenters. The second kappa shape index (κ2) is 6.69. The van der Waals surface area contributed by atoms with Gasteiger partial charge in [-0.05, 0) is 35.4 Å². The molecule has 1 rings (SSSR count). The van der Waals surface area contributed by atoms with Crippen LogP contribution in [0.3, 0.4) is 0 Å². The van der Waals surface area contributed by atoms with E-state index in [-0.39, 0.29) is 17.1 Å². The van der Waals surface area contributed by atoms with Crippen LogP contribution in [-0.4, -0.2) is 12.5 Å². The van der Waals surface area contributed by atoms with Crippen LogP contribution in [0.25, 0.3) is 0 Å². The van der Waals surface area contributed by atoms with E-state index in [1.165, 1.54) is 12.1 Å². The predicted octanol–water partition coefficient (Wildman–Crippen LogP) is 3.56. The summed E-state index contributed by atoms with van der Waals surface area (Å²) in [6, 6.07) is 6.39. The van der Waals surface area contributed by atoms with Gasteiger partial charge in [-0.2, -0.15) is 0 Å². The summed E-state index contributed by atoms with van der Waals surface area (Å²) in [7, 11) is 0. The van der Waals surface area contributed by atoms with E-state index < -0.39 is 0 Å². The summed E-state index contributed by atoms with van der Waals surface area (Å²) in [5.74, 6) is 0.203. The third kappa shape index (κ3) is 5.86.